The molecule has 2 heterocycles. The van der Waals surface area contributed by atoms with Crippen molar-refractivity contribution in [1.82, 2.24) is 15.2 Å². The second-order valence-electron chi connectivity index (χ2n) is 4.48. The van der Waals surface area contributed by atoms with Crippen molar-refractivity contribution in [1.29, 1.82) is 0 Å². The molecule has 0 spiro atoms. The summed E-state index contributed by atoms with van der Waals surface area (Å²) in [4.78, 5) is 26.3. The number of hydrogen-bond donors (Lipinski definition) is 2. The predicted octanol–water partition coefficient (Wildman–Crippen LogP) is 0.604. The number of likely N-dealkylation sites (tertiary alicyclic amines) is 1. The summed E-state index contributed by atoms with van der Waals surface area (Å²) < 4.78 is 0. The van der Waals surface area contributed by atoms with E-state index in [0.717, 1.165) is 13.0 Å². The van der Waals surface area contributed by atoms with E-state index in [1.807, 2.05) is 7.05 Å². The minimum absolute atomic E-state index is 0.149. The first kappa shape index (κ1) is 12.6. The smallest absolute Gasteiger partial charge is 0.321 e. The van der Waals surface area contributed by atoms with E-state index in [-0.39, 0.29) is 17.4 Å². The minimum atomic E-state index is -0.537. The van der Waals surface area contributed by atoms with Crippen LogP contribution >= 0.6 is 0 Å². The molecular weight excluding hydrogens is 236 g/mol. The summed E-state index contributed by atoms with van der Waals surface area (Å²) >= 11 is 0. The van der Waals surface area contributed by atoms with Gasteiger partial charge in [-0.2, -0.15) is 0 Å². The van der Waals surface area contributed by atoms with Gasteiger partial charge >= 0.3 is 5.82 Å². The number of amides is 1. The van der Waals surface area contributed by atoms with Crippen molar-refractivity contribution in [3.8, 4) is 0 Å². The lowest BCUT2D eigenvalue weighted by Gasteiger charge is -2.14. The number of H-pyrrole nitrogens is 1. The molecule has 0 radical (unpaired) electrons. The zero-order valence-corrected chi connectivity index (χ0v) is 10.2. The second-order valence-corrected chi connectivity index (χ2v) is 4.48. The van der Waals surface area contributed by atoms with Crippen molar-refractivity contribution in [2.45, 2.75) is 6.42 Å². The highest BCUT2D eigenvalue weighted by atomic mass is 16.6. The summed E-state index contributed by atoms with van der Waals surface area (Å²) in [6.07, 6.45) is 0.968. The van der Waals surface area contributed by atoms with Gasteiger partial charge < -0.3 is 20.3 Å². The topological polar surface area (TPSA) is 91.3 Å². The van der Waals surface area contributed by atoms with E-state index in [2.05, 4.69) is 10.3 Å². The lowest BCUT2D eigenvalue weighted by Crippen LogP contribution is -2.30. The number of nitro groups is 1. The third-order valence-corrected chi connectivity index (χ3v) is 3.16. The fourth-order valence-corrected chi connectivity index (χ4v) is 2.26. The molecule has 2 N–H and O–H groups in total. The highest BCUT2D eigenvalue weighted by Crippen LogP contribution is 2.19. The standard InChI is InChI=1S/C11H16N4O3/c1-12-6-8-4-5-14(7-8)11(16)9-2-3-10(13-9)15(17)18/h2-3,8,12-13H,4-7H2,1H3. The first-order valence-electron chi connectivity index (χ1n) is 5.89. The summed E-state index contributed by atoms with van der Waals surface area (Å²) in [5.74, 6) is 0.148. The molecule has 1 amide bonds. The number of nitrogens with zero attached hydrogens (tertiary/aromatic N) is 2. The van der Waals surface area contributed by atoms with Crippen LogP contribution in [0.3, 0.4) is 0 Å². The first-order valence-corrected chi connectivity index (χ1v) is 5.89. The van der Waals surface area contributed by atoms with Gasteiger partial charge in [-0.3, -0.25) is 4.79 Å². The number of rotatable bonds is 4. The fourth-order valence-electron chi connectivity index (χ4n) is 2.26. The van der Waals surface area contributed by atoms with E-state index in [1.54, 1.807) is 4.90 Å². The molecule has 98 valence electrons. The molecule has 18 heavy (non-hydrogen) atoms. The third-order valence-electron chi connectivity index (χ3n) is 3.16. The fraction of sp³-hybridized carbons (Fsp3) is 0.545. The minimum Gasteiger partial charge on any atom is -0.358 e. The van der Waals surface area contributed by atoms with Gasteiger partial charge in [-0.15, -0.1) is 0 Å². The van der Waals surface area contributed by atoms with Crippen LogP contribution in [0, 0.1) is 16.0 Å². The maximum atomic E-state index is 12.1. The Balaban J connectivity index is 2.01. The molecule has 1 atom stereocenters. The van der Waals surface area contributed by atoms with Gasteiger partial charge in [0, 0.05) is 19.2 Å². The Hall–Kier alpha value is -1.89. The van der Waals surface area contributed by atoms with E-state index in [1.165, 1.54) is 12.1 Å². The van der Waals surface area contributed by atoms with E-state index >= 15 is 0 Å². The third kappa shape index (κ3) is 2.51. The number of carbonyl (C=O) groups is 1. The second kappa shape index (κ2) is 5.18. The molecule has 1 aliphatic rings. The van der Waals surface area contributed by atoms with Crippen LogP contribution in [-0.2, 0) is 0 Å². The highest BCUT2D eigenvalue weighted by molar-refractivity contribution is 5.93. The Labute approximate surface area is 104 Å². The van der Waals surface area contributed by atoms with Crippen LogP contribution in [-0.4, -0.2) is 47.4 Å². The quantitative estimate of drug-likeness (QED) is 0.606. The van der Waals surface area contributed by atoms with Crippen molar-refractivity contribution in [2.75, 3.05) is 26.7 Å². The molecule has 1 aromatic heterocycles. The average molecular weight is 252 g/mol. The average Bonchev–Trinajstić information content (AvgIpc) is 2.97. The van der Waals surface area contributed by atoms with Crippen molar-refractivity contribution in [3.63, 3.8) is 0 Å². The Morgan fingerprint density at radius 3 is 3.06 bits per heavy atom. The van der Waals surface area contributed by atoms with Crippen LogP contribution < -0.4 is 5.32 Å². The lowest BCUT2D eigenvalue weighted by molar-refractivity contribution is -0.389. The first-order chi connectivity index (χ1) is 8.61. The molecular formula is C11H16N4O3. The zero-order valence-electron chi connectivity index (χ0n) is 10.2. The van der Waals surface area contributed by atoms with E-state index in [4.69, 9.17) is 0 Å². The number of carbonyl (C=O) groups excluding carboxylic acids is 1. The molecule has 0 bridgehead atoms. The Morgan fingerprint density at radius 1 is 1.67 bits per heavy atom. The number of aromatic nitrogens is 1. The molecule has 7 heteroatoms. The van der Waals surface area contributed by atoms with Crippen LogP contribution in [0.5, 0.6) is 0 Å². The van der Waals surface area contributed by atoms with Crippen molar-refractivity contribution in [3.05, 3.63) is 27.9 Å². The number of nitrogens with one attached hydrogen (secondary N) is 2. The van der Waals surface area contributed by atoms with Gasteiger partial charge in [0.25, 0.3) is 5.91 Å². The molecule has 1 unspecified atom stereocenters. The highest BCUT2D eigenvalue weighted by Gasteiger charge is 2.28. The summed E-state index contributed by atoms with van der Waals surface area (Å²) in [5, 5.41) is 13.6. The summed E-state index contributed by atoms with van der Waals surface area (Å²) in [5.41, 5.74) is 0.284. The van der Waals surface area contributed by atoms with Gasteiger partial charge in [-0.05, 0) is 36.9 Å². The molecule has 2 rings (SSSR count). The van der Waals surface area contributed by atoms with Gasteiger partial charge in [-0.25, -0.2) is 4.98 Å². The van der Waals surface area contributed by atoms with E-state index in [9.17, 15) is 14.9 Å². The normalized spacial score (nSPS) is 19.2. The van der Waals surface area contributed by atoms with Gasteiger partial charge in [0.05, 0.1) is 0 Å². The van der Waals surface area contributed by atoms with Gasteiger partial charge in [-0.1, -0.05) is 0 Å². The molecule has 7 nitrogen and oxygen atoms in total. The van der Waals surface area contributed by atoms with Crippen LogP contribution in [0.1, 0.15) is 16.9 Å². The molecule has 0 aromatic carbocycles. The van der Waals surface area contributed by atoms with Gasteiger partial charge in [0.2, 0.25) is 0 Å². The lowest BCUT2D eigenvalue weighted by atomic mass is 10.1. The Morgan fingerprint density at radius 2 is 2.44 bits per heavy atom. The van der Waals surface area contributed by atoms with Crippen molar-refractivity contribution >= 4 is 11.7 Å². The Bertz CT molecular complexity index is 457. The van der Waals surface area contributed by atoms with Crippen LogP contribution in [0.15, 0.2) is 12.1 Å². The molecule has 1 aromatic rings. The zero-order chi connectivity index (χ0) is 13.1. The van der Waals surface area contributed by atoms with E-state index in [0.29, 0.717) is 19.0 Å². The Kier molecular flexibility index (Phi) is 3.61. The maximum Gasteiger partial charge on any atom is 0.321 e. The summed E-state index contributed by atoms with van der Waals surface area (Å²) in [7, 11) is 1.89. The van der Waals surface area contributed by atoms with Crippen LogP contribution in [0.4, 0.5) is 5.82 Å². The summed E-state index contributed by atoms with van der Waals surface area (Å²) in [6, 6.07) is 2.78. The van der Waals surface area contributed by atoms with Gasteiger partial charge in [0.1, 0.15) is 0 Å². The van der Waals surface area contributed by atoms with Crippen molar-refractivity contribution < 1.29 is 9.72 Å². The van der Waals surface area contributed by atoms with E-state index < -0.39 is 4.92 Å². The molecule has 1 saturated heterocycles. The number of hydrogen-bond acceptors (Lipinski definition) is 4. The van der Waals surface area contributed by atoms with Crippen LogP contribution in [0.25, 0.3) is 0 Å². The van der Waals surface area contributed by atoms with Crippen molar-refractivity contribution in [2.24, 2.45) is 5.92 Å². The van der Waals surface area contributed by atoms with Gasteiger partial charge in [0.15, 0.2) is 5.69 Å². The SMILES string of the molecule is CNCC1CCN(C(=O)c2ccc([N+](=O)[O-])[nH]2)C1. The largest absolute Gasteiger partial charge is 0.358 e. The predicted molar refractivity (Wildman–Crippen MR) is 65.4 cm³/mol. The monoisotopic (exact) mass is 252 g/mol. The maximum absolute atomic E-state index is 12.1. The molecule has 0 saturated carbocycles. The summed E-state index contributed by atoms with van der Waals surface area (Å²) in [6.45, 7) is 2.29. The number of aromatic amines is 1. The van der Waals surface area contributed by atoms with Crippen LogP contribution in [0.2, 0.25) is 0 Å². The molecule has 1 aliphatic heterocycles. The molecule has 0 aliphatic carbocycles. The molecule has 1 fully saturated rings.